The molecule has 1 unspecified atom stereocenters. The fourth-order valence-electron chi connectivity index (χ4n) is 2.46. The molecule has 1 aromatic carbocycles. The molecule has 104 valence electrons. The third-order valence-electron chi connectivity index (χ3n) is 3.51. The number of hydrogen-bond donors (Lipinski definition) is 1. The number of nitrogens with one attached hydrogen (secondary N) is 1. The second-order valence-electron chi connectivity index (χ2n) is 4.78. The highest BCUT2D eigenvalue weighted by Gasteiger charge is 2.24. The molecule has 3 rings (SSSR count). The van der Waals surface area contributed by atoms with E-state index < -0.39 is 0 Å². The van der Waals surface area contributed by atoms with Crippen molar-refractivity contribution in [2.45, 2.75) is 25.1 Å². The zero-order chi connectivity index (χ0) is 14.3. The third-order valence-corrected chi connectivity index (χ3v) is 5.45. The van der Waals surface area contributed by atoms with E-state index in [2.05, 4.69) is 23.7 Å². The first-order valence-corrected chi connectivity index (χ1v) is 8.12. The van der Waals surface area contributed by atoms with E-state index in [-0.39, 0.29) is 11.3 Å². The van der Waals surface area contributed by atoms with Crippen LogP contribution in [0.25, 0.3) is 0 Å². The lowest BCUT2D eigenvalue weighted by Gasteiger charge is -2.14. The molecule has 5 heteroatoms. The summed E-state index contributed by atoms with van der Waals surface area (Å²) in [6.45, 7) is 2.11. The molecule has 2 heterocycles. The highest BCUT2D eigenvalue weighted by atomic mass is 35.5. The summed E-state index contributed by atoms with van der Waals surface area (Å²) in [5, 5.41) is 5.18. The fraction of sp³-hybridized carbons (Fsp3) is 0.267. The number of rotatable bonds is 3. The molecule has 1 N–H and O–H groups in total. The van der Waals surface area contributed by atoms with E-state index in [1.807, 2.05) is 6.07 Å². The molecule has 0 aliphatic carbocycles. The number of anilines is 1. The summed E-state index contributed by atoms with van der Waals surface area (Å²) in [5.41, 5.74) is 3.89. The van der Waals surface area contributed by atoms with Crippen molar-refractivity contribution in [1.82, 2.24) is 0 Å². The first-order valence-electron chi connectivity index (χ1n) is 6.42. The number of carbonyl (C=O) groups excluding carboxylic acids is 1. The standard InChI is InChI=1S/C15H13Cl2NOS/c1-2-8-3-4-20-15(8)14(17)10-5-9-6-13(19)18-12(9)7-11(10)16/h3-5,7,14H,2,6H2,1H3,(H,18,19). The lowest BCUT2D eigenvalue weighted by Crippen LogP contribution is -2.03. The number of hydrogen-bond acceptors (Lipinski definition) is 2. The van der Waals surface area contributed by atoms with Crippen molar-refractivity contribution in [3.05, 3.63) is 50.2 Å². The summed E-state index contributed by atoms with van der Waals surface area (Å²) < 4.78 is 0. The lowest BCUT2D eigenvalue weighted by molar-refractivity contribution is -0.115. The monoisotopic (exact) mass is 325 g/mol. The molecule has 1 aromatic heterocycles. The molecule has 1 amide bonds. The van der Waals surface area contributed by atoms with E-state index in [0.717, 1.165) is 28.1 Å². The summed E-state index contributed by atoms with van der Waals surface area (Å²) in [5.74, 6) is 0.00436. The normalized spacial score (nSPS) is 15.1. The Morgan fingerprint density at radius 3 is 3.00 bits per heavy atom. The van der Waals surface area contributed by atoms with Gasteiger partial charge in [0.2, 0.25) is 5.91 Å². The average molecular weight is 326 g/mol. The van der Waals surface area contributed by atoms with Gasteiger partial charge < -0.3 is 5.32 Å². The van der Waals surface area contributed by atoms with Crippen molar-refractivity contribution in [3.63, 3.8) is 0 Å². The number of fused-ring (bicyclic) bond motifs is 1. The van der Waals surface area contributed by atoms with E-state index in [4.69, 9.17) is 23.2 Å². The van der Waals surface area contributed by atoms with Crippen LogP contribution in [0, 0.1) is 0 Å². The maximum atomic E-state index is 11.4. The molecule has 20 heavy (non-hydrogen) atoms. The summed E-state index contributed by atoms with van der Waals surface area (Å²) in [6, 6.07) is 5.85. The smallest absolute Gasteiger partial charge is 0.228 e. The van der Waals surface area contributed by atoms with Gasteiger partial charge >= 0.3 is 0 Å². The maximum Gasteiger partial charge on any atom is 0.228 e. The van der Waals surface area contributed by atoms with E-state index >= 15 is 0 Å². The van der Waals surface area contributed by atoms with E-state index in [9.17, 15) is 4.79 Å². The largest absolute Gasteiger partial charge is 0.325 e. The van der Waals surface area contributed by atoms with Gasteiger partial charge in [0.1, 0.15) is 0 Å². The van der Waals surface area contributed by atoms with E-state index in [1.54, 1.807) is 17.4 Å². The van der Waals surface area contributed by atoms with Gasteiger partial charge in [0.05, 0.1) is 11.8 Å². The van der Waals surface area contributed by atoms with Crippen LogP contribution in [0.2, 0.25) is 5.02 Å². The second-order valence-corrected chi connectivity index (χ2v) is 6.57. The van der Waals surface area contributed by atoms with Crippen LogP contribution < -0.4 is 5.32 Å². The van der Waals surface area contributed by atoms with Gasteiger partial charge in [-0.3, -0.25) is 4.79 Å². The lowest BCUT2D eigenvalue weighted by atomic mass is 10.0. The van der Waals surface area contributed by atoms with Crippen LogP contribution in [0.15, 0.2) is 23.6 Å². The predicted molar refractivity (Wildman–Crippen MR) is 85.2 cm³/mol. The summed E-state index contributed by atoms with van der Waals surface area (Å²) in [6.07, 6.45) is 1.35. The number of alkyl halides is 1. The number of halogens is 2. The average Bonchev–Trinajstić information content (AvgIpc) is 3.01. The van der Waals surface area contributed by atoms with Crippen molar-refractivity contribution in [1.29, 1.82) is 0 Å². The summed E-state index contributed by atoms with van der Waals surface area (Å²) >= 11 is 14.6. The molecule has 2 nitrogen and oxygen atoms in total. The van der Waals surface area contributed by atoms with Crippen molar-refractivity contribution in [2.24, 2.45) is 0 Å². The number of amides is 1. The van der Waals surface area contributed by atoms with Crippen molar-refractivity contribution >= 4 is 46.1 Å². The minimum absolute atomic E-state index is 0.00436. The maximum absolute atomic E-state index is 11.4. The SMILES string of the molecule is CCc1ccsc1C(Cl)c1cc2c(cc1Cl)NC(=O)C2. The molecule has 0 spiro atoms. The molecule has 2 aromatic rings. The van der Waals surface area contributed by atoms with Gasteiger partial charge in [0.25, 0.3) is 0 Å². The van der Waals surface area contributed by atoms with Gasteiger partial charge in [-0.25, -0.2) is 0 Å². The predicted octanol–water partition coefficient (Wildman–Crippen LogP) is 4.79. The Labute approximate surface area is 131 Å². The van der Waals surface area contributed by atoms with Gasteiger partial charge in [-0.05, 0) is 46.7 Å². The topological polar surface area (TPSA) is 29.1 Å². The Balaban J connectivity index is 2.03. The van der Waals surface area contributed by atoms with Gasteiger partial charge in [-0.2, -0.15) is 0 Å². The Morgan fingerprint density at radius 2 is 2.25 bits per heavy atom. The van der Waals surface area contributed by atoms with Crippen LogP contribution in [0.4, 0.5) is 5.69 Å². The highest BCUT2D eigenvalue weighted by molar-refractivity contribution is 7.10. The molecule has 1 aliphatic heterocycles. The number of carbonyl (C=O) groups is 1. The first-order chi connectivity index (χ1) is 9.60. The van der Waals surface area contributed by atoms with Crippen LogP contribution in [0.3, 0.4) is 0 Å². The molecule has 0 saturated heterocycles. The van der Waals surface area contributed by atoms with Crippen molar-refractivity contribution in [2.75, 3.05) is 5.32 Å². The van der Waals surface area contributed by atoms with Gasteiger partial charge in [0, 0.05) is 15.6 Å². The molecule has 1 aliphatic rings. The zero-order valence-electron chi connectivity index (χ0n) is 10.9. The van der Waals surface area contributed by atoms with Crippen LogP contribution in [-0.4, -0.2) is 5.91 Å². The summed E-state index contributed by atoms with van der Waals surface area (Å²) in [4.78, 5) is 12.6. The van der Waals surface area contributed by atoms with Crippen molar-refractivity contribution in [3.8, 4) is 0 Å². The quantitative estimate of drug-likeness (QED) is 0.808. The summed E-state index contributed by atoms with van der Waals surface area (Å²) in [7, 11) is 0. The molecule has 1 atom stereocenters. The molecule has 0 fully saturated rings. The van der Waals surface area contributed by atoms with E-state index in [1.165, 1.54) is 5.56 Å². The zero-order valence-corrected chi connectivity index (χ0v) is 13.2. The Kier molecular flexibility index (Phi) is 3.76. The second kappa shape index (κ2) is 5.40. The minimum Gasteiger partial charge on any atom is -0.325 e. The molecular weight excluding hydrogens is 313 g/mol. The van der Waals surface area contributed by atoms with Crippen LogP contribution >= 0.6 is 34.5 Å². The highest BCUT2D eigenvalue weighted by Crippen LogP contribution is 2.41. The van der Waals surface area contributed by atoms with Crippen LogP contribution in [0.1, 0.15) is 33.9 Å². The third kappa shape index (κ3) is 2.34. The Bertz CT molecular complexity index is 681. The van der Waals surface area contributed by atoms with Crippen LogP contribution in [-0.2, 0) is 17.6 Å². The van der Waals surface area contributed by atoms with E-state index in [0.29, 0.717) is 11.4 Å². The Hall–Kier alpha value is -1.03. The Morgan fingerprint density at radius 1 is 1.45 bits per heavy atom. The molecule has 0 bridgehead atoms. The number of benzene rings is 1. The molecule has 0 saturated carbocycles. The van der Waals surface area contributed by atoms with Gasteiger partial charge in [-0.15, -0.1) is 22.9 Å². The number of thiophene rings is 1. The first kappa shape index (κ1) is 13.9. The van der Waals surface area contributed by atoms with Crippen molar-refractivity contribution < 1.29 is 4.79 Å². The van der Waals surface area contributed by atoms with Gasteiger partial charge in [0.15, 0.2) is 0 Å². The molecular formula is C15H13Cl2NOS. The fourth-order valence-corrected chi connectivity index (χ4v) is 4.26. The van der Waals surface area contributed by atoms with Crippen LogP contribution in [0.5, 0.6) is 0 Å². The van der Waals surface area contributed by atoms with Gasteiger partial charge in [-0.1, -0.05) is 18.5 Å². The number of aryl methyl sites for hydroxylation is 1. The minimum atomic E-state index is -0.265. The molecule has 0 radical (unpaired) electrons.